The van der Waals surface area contributed by atoms with Gasteiger partial charge in [-0.15, -0.1) is 0 Å². The molecule has 0 spiro atoms. The van der Waals surface area contributed by atoms with Crippen LogP contribution >= 0.6 is 0 Å². The van der Waals surface area contributed by atoms with E-state index in [0.29, 0.717) is 5.75 Å². The highest BCUT2D eigenvalue weighted by Crippen LogP contribution is 2.28. The van der Waals surface area contributed by atoms with Crippen LogP contribution in [0.5, 0.6) is 5.75 Å². The lowest BCUT2D eigenvalue weighted by Gasteiger charge is -2.01. The van der Waals surface area contributed by atoms with Crippen LogP contribution in [0.3, 0.4) is 0 Å². The Balaban J connectivity index is 2.43. The van der Waals surface area contributed by atoms with Gasteiger partial charge < -0.3 is 4.74 Å². The fraction of sp³-hybridized carbons (Fsp3) is 0.333. The van der Waals surface area contributed by atoms with Crippen LogP contribution in [0.1, 0.15) is 12.5 Å². The standard InChI is InChI=1S/C9H9FO/c1-6-4-7-2-3-8(10)5-9(7)11-6/h2-3,5-6H,4H2,1H3/t6-/m0/s1. The van der Waals surface area contributed by atoms with Crippen LogP contribution in [0, 0.1) is 5.82 Å². The summed E-state index contributed by atoms with van der Waals surface area (Å²) in [7, 11) is 0. The molecule has 1 atom stereocenters. The van der Waals surface area contributed by atoms with E-state index in [1.54, 1.807) is 6.07 Å². The molecule has 0 bridgehead atoms. The number of hydrogen-bond donors (Lipinski definition) is 0. The molecule has 58 valence electrons. The highest BCUT2D eigenvalue weighted by molar-refractivity contribution is 5.37. The maximum atomic E-state index is 12.6. The molecule has 0 saturated carbocycles. The van der Waals surface area contributed by atoms with Gasteiger partial charge >= 0.3 is 0 Å². The van der Waals surface area contributed by atoms with Crippen molar-refractivity contribution in [2.24, 2.45) is 0 Å². The first-order valence-electron chi connectivity index (χ1n) is 3.71. The summed E-state index contributed by atoms with van der Waals surface area (Å²) >= 11 is 0. The zero-order valence-electron chi connectivity index (χ0n) is 6.30. The molecule has 11 heavy (non-hydrogen) atoms. The molecule has 0 unspecified atom stereocenters. The Morgan fingerprint density at radius 2 is 2.36 bits per heavy atom. The fourth-order valence-corrected chi connectivity index (χ4v) is 1.37. The Morgan fingerprint density at radius 1 is 1.55 bits per heavy atom. The van der Waals surface area contributed by atoms with Gasteiger partial charge in [-0.25, -0.2) is 4.39 Å². The SMILES string of the molecule is C[C@H]1Cc2ccc(F)cc2O1. The van der Waals surface area contributed by atoms with E-state index in [1.807, 2.05) is 6.92 Å². The lowest BCUT2D eigenvalue weighted by atomic mass is 10.1. The molecule has 1 aliphatic rings. The predicted octanol–water partition coefficient (Wildman–Crippen LogP) is 2.15. The van der Waals surface area contributed by atoms with Gasteiger partial charge in [0, 0.05) is 12.5 Å². The monoisotopic (exact) mass is 152 g/mol. The van der Waals surface area contributed by atoms with Crippen molar-refractivity contribution in [3.05, 3.63) is 29.6 Å². The van der Waals surface area contributed by atoms with E-state index in [4.69, 9.17) is 4.74 Å². The van der Waals surface area contributed by atoms with E-state index in [-0.39, 0.29) is 11.9 Å². The van der Waals surface area contributed by atoms with E-state index in [9.17, 15) is 4.39 Å². The summed E-state index contributed by atoms with van der Waals surface area (Å²) in [5.41, 5.74) is 1.11. The molecule has 0 saturated heterocycles. The van der Waals surface area contributed by atoms with Gasteiger partial charge in [0.1, 0.15) is 17.7 Å². The Labute approximate surface area is 64.8 Å². The Kier molecular flexibility index (Phi) is 1.34. The molecule has 0 aromatic heterocycles. The largest absolute Gasteiger partial charge is 0.490 e. The van der Waals surface area contributed by atoms with Gasteiger partial charge in [-0.05, 0) is 18.6 Å². The van der Waals surface area contributed by atoms with Gasteiger partial charge in [0.2, 0.25) is 0 Å². The van der Waals surface area contributed by atoms with Gasteiger partial charge in [-0.1, -0.05) is 6.07 Å². The van der Waals surface area contributed by atoms with Gasteiger partial charge in [0.05, 0.1) is 0 Å². The molecule has 1 heterocycles. The molecule has 2 rings (SSSR count). The van der Waals surface area contributed by atoms with Gasteiger partial charge in [-0.2, -0.15) is 0 Å². The molecular weight excluding hydrogens is 143 g/mol. The van der Waals surface area contributed by atoms with E-state index in [1.165, 1.54) is 12.1 Å². The van der Waals surface area contributed by atoms with Crippen LogP contribution in [0.2, 0.25) is 0 Å². The summed E-state index contributed by atoms with van der Waals surface area (Å²) < 4.78 is 18.0. The Bertz CT molecular complexity index is 283. The van der Waals surface area contributed by atoms with Crippen LogP contribution in [-0.4, -0.2) is 6.10 Å². The summed E-state index contributed by atoms with van der Waals surface area (Å²) in [6, 6.07) is 4.70. The minimum atomic E-state index is -0.224. The molecule has 0 N–H and O–H groups in total. The first-order chi connectivity index (χ1) is 5.25. The average molecular weight is 152 g/mol. The Morgan fingerprint density at radius 3 is 3.18 bits per heavy atom. The van der Waals surface area contributed by atoms with Crippen molar-refractivity contribution in [2.75, 3.05) is 0 Å². The lowest BCUT2D eigenvalue weighted by molar-refractivity contribution is 0.254. The van der Waals surface area contributed by atoms with Gasteiger partial charge in [0.25, 0.3) is 0 Å². The van der Waals surface area contributed by atoms with Crippen LogP contribution in [0.25, 0.3) is 0 Å². The summed E-state index contributed by atoms with van der Waals surface area (Å²) in [5.74, 6) is 0.482. The van der Waals surface area contributed by atoms with Crippen molar-refractivity contribution < 1.29 is 9.13 Å². The van der Waals surface area contributed by atoms with Crippen molar-refractivity contribution in [3.8, 4) is 5.75 Å². The summed E-state index contributed by atoms with van der Waals surface area (Å²) in [6.07, 6.45) is 1.10. The lowest BCUT2D eigenvalue weighted by Crippen LogP contribution is -2.05. The number of benzene rings is 1. The highest BCUT2D eigenvalue weighted by Gasteiger charge is 2.18. The topological polar surface area (TPSA) is 9.23 Å². The molecule has 2 heteroatoms. The maximum Gasteiger partial charge on any atom is 0.126 e. The molecule has 0 radical (unpaired) electrons. The van der Waals surface area contributed by atoms with Crippen LogP contribution in [0.15, 0.2) is 18.2 Å². The second-order valence-electron chi connectivity index (χ2n) is 2.88. The number of fused-ring (bicyclic) bond motifs is 1. The average Bonchev–Trinajstić information content (AvgIpc) is 2.27. The third-order valence-corrected chi connectivity index (χ3v) is 1.86. The second kappa shape index (κ2) is 2.22. The highest BCUT2D eigenvalue weighted by atomic mass is 19.1. The van der Waals surface area contributed by atoms with Crippen molar-refractivity contribution in [1.82, 2.24) is 0 Å². The minimum absolute atomic E-state index is 0.201. The molecular formula is C9H9FO. The first kappa shape index (κ1) is 6.65. The van der Waals surface area contributed by atoms with Crippen LogP contribution in [0.4, 0.5) is 4.39 Å². The van der Waals surface area contributed by atoms with Crippen molar-refractivity contribution in [2.45, 2.75) is 19.4 Å². The summed E-state index contributed by atoms with van der Waals surface area (Å²) in [6.45, 7) is 1.98. The van der Waals surface area contributed by atoms with Gasteiger partial charge in [-0.3, -0.25) is 0 Å². The van der Waals surface area contributed by atoms with Crippen molar-refractivity contribution >= 4 is 0 Å². The quantitative estimate of drug-likeness (QED) is 0.553. The third kappa shape index (κ3) is 1.09. The number of hydrogen-bond acceptors (Lipinski definition) is 1. The fourth-order valence-electron chi connectivity index (χ4n) is 1.37. The van der Waals surface area contributed by atoms with E-state index < -0.39 is 0 Å². The zero-order chi connectivity index (χ0) is 7.84. The molecule has 0 amide bonds. The second-order valence-corrected chi connectivity index (χ2v) is 2.88. The maximum absolute atomic E-state index is 12.6. The smallest absolute Gasteiger partial charge is 0.126 e. The third-order valence-electron chi connectivity index (χ3n) is 1.86. The minimum Gasteiger partial charge on any atom is -0.490 e. The van der Waals surface area contributed by atoms with Crippen LogP contribution in [-0.2, 0) is 6.42 Å². The number of rotatable bonds is 0. The van der Waals surface area contributed by atoms with Gasteiger partial charge in [0.15, 0.2) is 0 Å². The first-order valence-corrected chi connectivity index (χ1v) is 3.71. The molecule has 1 aromatic carbocycles. The van der Waals surface area contributed by atoms with Crippen LogP contribution < -0.4 is 4.74 Å². The summed E-state index contributed by atoms with van der Waals surface area (Å²) in [5, 5.41) is 0. The molecule has 0 aliphatic carbocycles. The van der Waals surface area contributed by atoms with E-state index >= 15 is 0 Å². The zero-order valence-corrected chi connectivity index (χ0v) is 6.30. The summed E-state index contributed by atoms with van der Waals surface area (Å²) in [4.78, 5) is 0. The predicted molar refractivity (Wildman–Crippen MR) is 40.2 cm³/mol. The van der Waals surface area contributed by atoms with Crippen molar-refractivity contribution in [3.63, 3.8) is 0 Å². The number of ether oxygens (including phenoxy) is 1. The van der Waals surface area contributed by atoms with E-state index in [0.717, 1.165) is 12.0 Å². The molecule has 1 nitrogen and oxygen atoms in total. The molecule has 0 fully saturated rings. The molecule has 1 aromatic rings. The van der Waals surface area contributed by atoms with Crippen molar-refractivity contribution in [1.29, 1.82) is 0 Å². The number of halogens is 1. The van der Waals surface area contributed by atoms with E-state index in [2.05, 4.69) is 0 Å². The Hall–Kier alpha value is -1.05. The normalized spacial score (nSPS) is 21.1. The molecule has 1 aliphatic heterocycles.